The average molecular weight is 276 g/mol. The Morgan fingerprint density at radius 1 is 1.20 bits per heavy atom. The number of anilines is 1. The van der Waals surface area contributed by atoms with Crippen LogP contribution in [0.1, 0.15) is 40.0 Å². The molecule has 6 nitrogen and oxygen atoms in total. The van der Waals surface area contributed by atoms with Crippen LogP contribution in [0.25, 0.3) is 0 Å². The maximum absolute atomic E-state index is 11.8. The zero-order valence-corrected chi connectivity index (χ0v) is 12.1. The van der Waals surface area contributed by atoms with Gasteiger partial charge in [-0.3, -0.25) is 0 Å². The van der Waals surface area contributed by atoms with Crippen LogP contribution in [0.4, 0.5) is 10.7 Å². The van der Waals surface area contributed by atoms with Gasteiger partial charge in [-0.1, -0.05) is 0 Å². The summed E-state index contributed by atoms with van der Waals surface area (Å²) in [6.45, 7) is 5.60. The molecule has 0 spiro atoms. The highest BCUT2D eigenvalue weighted by Gasteiger charge is 2.69. The minimum absolute atomic E-state index is 0.0520. The number of hydrogen-bond acceptors (Lipinski definition) is 5. The summed E-state index contributed by atoms with van der Waals surface area (Å²) in [6, 6.07) is 1.79. The summed E-state index contributed by atoms with van der Waals surface area (Å²) in [7, 11) is 0. The molecule has 4 rings (SSSR count). The molecule has 0 aromatic carbocycles. The third-order valence-corrected chi connectivity index (χ3v) is 3.74. The molecule has 1 heterocycles. The number of nitrogens with one attached hydrogen (secondary N) is 2. The fourth-order valence-corrected chi connectivity index (χ4v) is 3.17. The van der Waals surface area contributed by atoms with Crippen molar-refractivity contribution in [3.05, 3.63) is 18.5 Å². The van der Waals surface area contributed by atoms with Crippen LogP contribution in [0.2, 0.25) is 0 Å². The molecule has 0 radical (unpaired) electrons. The van der Waals surface area contributed by atoms with E-state index >= 15 is 0 Å². The predicted molar refractivity (Wildman–Crippen MR) is 74.3 cm³/mol. The molecule has 2 bridgehead atoms. The molecule has 3 saturated carbocycles. The Hall–Kier alpha value is -1.85. The van der Waals surface area contributed by atoms with Gasteiger partial charge in [0, 0.05) is 17.9 Å². The van der Waals surface area contributed by atoms with Crippen molar-refractivity contribution in [1.82, 2.24) is 15.3 Å². The number of aromatic nitrogens is 2. The molecule has 1 amide bonds. The van der Waals surface area contributed by atoms with Gasteiger partial charge in [-0.2, -0.15) is 0 Å². The smallest absolute Gasteiger partial charge is 0.408 e. The summed E-state index contributed by atoms with van der Waals surface area (Å²) in [5.41, 5.74) is -0.498. The molecule has 3 fully saturated rings. The van der Waals surface area contributed by atoms with Crippen LogP contribution in [0, 0.1) is 0 Å². The lowest BCUT2D eigenvalue weighted by Gasteiger charge is -2.70. The van der Waals surface area contributed by atoms with Crippen LogP contribution in [-0.4, -0.2) is 32.7 Å². The fraction of sp³-hybridized carbons (Fsp3) is 0.643. The quantitative estimate of drug-likeness (QED) is 0.884. The highest BCUT2D eigenvalue weighted by Crippen LogP contribution is 2.61. The second kappa shape index (κ2) is 4.07. The molecule has 3 aliphatic rings. The molecule has 6 heteroatoms. The molecule has 1 aromatic rings. The lowest BCUT2D eigenvalue weighted by Crippen LogP contribution is -2.81. The van der Waals surface area contributed by atoms with Crippen molar-refractivity contribution >= 4 is 12.0 Å². The van der Waals surface area contributed by atoms with Gasteiger partial charge >= 0.3 is 6.09 Å². The normalized spacial score (nSPS) is 30.8. The summed E-state index contributed by atoms with van der Waals surface area (Å²) in [6.07, 6.45) is 5.80. The molecule has 0 saturated heterocycles. The van der Waals surface area contributed by atoms with Gasteiger partial charge in [-0.15, -0.1) is 0 Å². The van der Waals surface area contributed by atoms with E-state index in [4.69, 9.17) is 4.74 Å². The van der Waals surface area contributed by atoms with Crippen molar-refractivity contribution in [2.24, 2.45) is 0 Å². The van der Waals surface area contributed by atoms with Crippen LogP contribution in [-0.2, 0) is 4.74 Å². The number of carbonyl (C=O) groups is 1. The van der Waals surface area contributed by atoms with Crippen molar-refractivity contribution in [3.8, 4) is 0 Å². The van der Waals surface area contributed by atoms with Crippen molar-refractivity contribution in [2.45, 2.75) is 56.7 Å². The molecule has 2 N–H and O–H groups in total. The third kappa shape index (κ3) is 2.42. The molecule has 1 aromatic heterocycles. The van der Waals surface area contributed by atoms with Gasteiger partial charge in [0.15, 0.2) is 0 Å². The van der Waals surface area contributed by atoms with E-state index in [0.717, 1.165) is 19.3 Å². The summed E-state index contributed by atoms with van der Waals surface area (Å²) >= 11 is 0. The Kier molecular flexibility index (Phi) is 2.68. The SMILES string of the molecule is CC(C)(C)OC(=O)NC12CC(Nc3ncccn3)(C1)C2. The zero-order chi connectivity index (χ0) is 14.4. The number of hydrogen-bond donors (Lipinski definition) is 2. The highest BCUT2D eigenvalue weighted by molar-refractivity contribution is 5.70. The number of amides is 1. The number of carbonyl (C=O) groups excluding carboxylic acids is 1. The summed E-state index contributed by atoms with van der Waals surface area (Å²) < 4.78 is 5.29. The predicted octanol–water partition coefficient (Wildman–Crippen LogP) is 2.09. The van der Waals surface area contributed by atoms with Gasteiger partial charge in [0.05, 0.1) is 5.54 Å². The molecule has 0 unspecified atom stereocenters. The van der Waals surface area contributed by atoms with E-state index in [1.54, 1.807) is 18.5 Å². The topological polar surface area (TPSA) is 76.1 Å². The van der Waals surface area contributed by atoms with Crippen molar-refractivity contribution in [1.29, 1.82) is 0 Å². The first-order chi connectivity index (χ1) is 9.30. The number of ether oxygens (including phenoxy) is 1. The van der Waals surface area contributed by atoms with E-state index in [9.17, 15) is 4.79 Å². The average Bonchev–Trinajstić information content (AvgIpc) is 2.23. The van der Waals surface area contributed by atoms with Crippen LogP contribution in [0.3, 0.4) is 0 Å². The third-order valence-electron chi connectivity index (χ3n) is 3.74. The van der Waals surface area contributed by atoms with Crippen LogP contribution >= 0.6 is 0 Å². The van der Waals surface area contributed by atoms with Gasteiger partial charge in [-0.25, -0.2) is 14.8 Å². The first kappa shape index (κ1) is 13.1. The minimum Gasteiger partial charge on any atom is -0.444 e. The van der Waals surface area contributed by atoms with Gasteiger partial charge in [0.2, 0.25) is 5.95 Å². The Morgan fingerprint density at radius 2 is 1.80 bits per heavy atom. The van der Waals surface area contributed by atoms with E-state index in [0.29, 0.717) is 5.95 Å². The molecular formula is C14H20N4O2. The first-order valence-electron chi connectivity index (χ1n) is 6.86. The maximum Gasteiger partial charge on any atom is 0.408 e. The lowest BCUT2D eigenvalue weighted by molar-refractivity contribution is -0.0662. The molecule has 20 heavy (non-hydrogen) atoms. The largest absolute Gasteiger partial charge is 0.444 e. The Morgan fingerprint density at radius 3 is 2.35 bits per heavy atom. The van der Waals surface area contributed by atoms with E-state index < -0.39 is 5.60 Å². The molecule has 3 aliphatic carbocycles. The van der Waals surface area contributed by atoms with E-state index in [-0.39, 0.29) is 17.2 Å². The van der Waals surface area contributed by atoms with Crippen LogP contribution in [0.15, 0.2) is 18.5 Å². The van der Waals surface area contributed by atoms with E-state index in [1.807, 2.05) is 20.8 Å². The molecule has 0 aliphatic heterocycles. The van der Waals surface area contributed by atoms with Gasteiger partial charge in [-0.05, 0) is 46.1 Å². The Balaban J connectivity index is 1.50. The van der Waals surface area contributed by atoms with Gasteiger partial charge in [0.1, 0.15) is 5.60 Å². The Labute approximate surface area is 118 Å². The second-order valence-corrected chi connectivity index (χ2v) is 6.92. The zero-order valence-electron chi connectivity index (χ0n) is 12.1. The number of rotatable bonds is 3. The highest BCUT2D eigenvalue weighted by atomic mass is 16.6. The second-order valence-electron chi connectivity index (χ2n) is 6.92. The van der Waals surface area contributed by atoms with Gasteiger partial charge in [0.25, 0.3) is 0 Å². The van der Waals surface area contributed by atoms with E-state index in [1.165, 1.54) is 0 Å². The minimum atomic E-state index is -0.457. The number of alkyl carbamates (subject to hydrolysis) is 1. The maximum atomic E-state index is 11.8. The first-order valence-corrected chi connectivity index (χ1v) is 6.86. The Bertz CT molecular complexity index is 504. The molecule has 108 valence electrons. The molecular weight excluding hydrogens is 256 g/mol. The number of nitrogens with zero attached hydrogens (tertiary/aromatic N) is 2. The standard InChI is InChI=1S/C14H20N4O2/c1-12(2,3)20-11(19)18-14-7-13(8-14,9-14)17-10-15-5-4-6-16-10/h4-6H,7-9H2,1-3H3,(H,18,19)(H,15,16,17). The van der Waals surface area contributed by atoms with Crippen molar-refractivity contribution < 1.29 is 9.53 Å². The van der Waals surface area contributed by atoms with Crippen molar-refractivity contribution in [3.63, 3.8) is 0 Å². The summed E-state index contributed by atoms with van der Waals surface area (Å²) in [4.78, 5) is 20.1. The van der Waals surface area contributed by atoms with Crippen LogP contribution < -0.4 is 10.6 Å². The van der Waals surface area contributed by atoms with E-state index in [2.05, 4.69) is 20.6 Å². The van der Waals surface area contributed by atoms with Crippen LogP contribution in [0.5, 0.6) is 0 Å². The molecule has 0 atom stereocenters. The fourth-order valence-electron chi connectivity index (χ4n) is 3.17. The van der Waals surface area contributed by atoms with Gasteiger partial charge < -0.3 is 15.4 Å². The monoisotopic (exact) mass is 276 g/mol. The van der Waals surface area contributed by atoms with Crippen molar-refractivity contribution in [2.75, 3.05) is 5.32 Å². The summed E-state index contributed by atoms with van der Waals surface area (Å²) in [5.74, 6) is 0.651. The summed E-state index contributed by atoms with van der Waals surface area (Å²) in [5, 5.41) is 6.34. The lowest BCUT2D eigenvalue weighted by atomic mass is 9.44.